The minimum atomic E-state index is 0.563. The maximum atomic E-state index is 5.96. The number of nitrogens with two attached hydrogens (primary N) is 1. The number of aromatic amines is 1. The van der Waals surface area contributed by atoms with E-state index in [1.54, 1.807) is 12.1 Å². The van der Waals surface area contributed by atoms with Crippen LogP contribution in [0, 0.1) is 6.92 Å². The van der Waals surface area contributed by atoms with Crippen molar-refractivity contribution < 1.29 is 0 Å². The van der Waals surface area contributed by atoms with Gasteiger partial charge < -0.3 is 10.7 Å². The zero-order valence-corrected chi connectivity index (χ0v) is 10.5. The van der Waals surface area contributed by atoms with E-state index in [-0.39, 0.29) is 0 Å². The Labute approximate surface area is 109 Å². The summed E-state index contributed by atoms with van der Waals surface area (Å²) in [5.41, 5.74) is 9.73. The summed E-state index contributed by atoms with van der Waals surface area (Å²) in [6.07, 6.45) is 0. The molecule has 1 aromatic carbocycles. The van der Waals surface area contributed by atoms with E-state index in [9.17, 15) is 0 Å². The van der Waals surface area contributed by atoms with Crippen LogP contribution in [0.3, 0.4) is 0 Å². The van der Waals surface area contributed by atoms with Crippen LogP contribution in [0.1, 0.15) is 5.69 Å². The molecule has 0 aliphatic carbocycles. The third-order valence-corrected chi connectivity index (χ3v) is 2.93. The molecule has 0 bridgehead atoms. The summed E-state index contributed by atoms with van der Waals surface area (Å²) < 4.78 is 0. The number of halogens is 1. The first-order valence-electron chi connectivity index (χ1n) is 5.52. The van der Waals surface area contributed by atoms with Gasteiger partial charge in [-0.05, 0) is 31.2 Å². The Bertz CT molecular complexity index is 733. The monoisotopic (exact) mass is 258 g/mol. The smallest absolute Gasteiger partial charge is 0.157 e. The fourth-order valence-corrected chi connectivity index (χ4v) is 2.13. The molecule has 0 fully saturated rings. The molecule has 0 aliphatic rings. The number of fused-ring (bicyclic) bond motifs is 1. The molecule has 3 N–H and O–H groups in total. The molecule has 0 spiro atoms. The second-order valence-electron chi connectivity index (χ2n) is 4.14. The van der Waals surface area contributed by atoms with Gasteiger partial charge in [-0.3, -0.25) is 0 Å². The third-order valence-electron chi connectivity index (χ3n) is 2.71. The lowest BCUT2D eigenvalue weighted by molar-refractivity contribution is 1.17. The molecule has 3 aromatic rings. The second kappa shape index (κ2) is 3.99. The lowest BCUT2D eigenvalue weighted by atomic mass is 10.3. The molecule has 3 rings (SSSR count). The van der Waals surface area contributed by atoms with Gasteiger partial charge in [0.15, 0.2) is 5.82 Å². The number of benzene rings is 1. The maximum Gasteiger partial charge on any atom is 0.157 e. The molecule has 90 valence electrons. The van der Waals surface area contributed by atoms with Gasteiger partial charge in [0, 0.05) is 10.7 Å². The zero-order chi connectivity index (χ0) is 12.7. The van der Waals surface area contributed by atoms with Crippen molar-refractivity contribution in [1.82, 2.24) is 15.0 Å². The summed E-state index contributed by atoms with van der Waals surface area (Å²) in [4.78, 5) is 12.1. The normalized spacial score (nSPS) is 11.0. The van der Waals surface area contributed by atoms with Crippen LogP contribution >= 0.6 is 11.6 Å². The van der Waals surface area contributed by atoms with Gasteiger partial charge >= 0.3 is 0 Å². The lowest BCUT2D eigenvalue weighted by Crippen LogP contribution is -1.88. The van der Waals surface area contributed by atoms with E-state index in [0.717, 1.165) is 22.4 Å². The van der Waals surface area contributed by atoms with Gasteiger partial charge in [0.05, 0.1) is 11.2 Å². The Hall–Kier alpha value is -2.07. The van der Waals surface area contributed by atoms with Crippen molar-refractivity contribution in [3.05, 3.63) is 41.0 Å². The number of nitrogen functional groups attached to an aromatic ring is 1. The quantitative estimate of drug-likeness (QED) is 0.659. The highest BCUT2D eigenvalue weighted by Gasteiger charge is 2.09. The van der Waals surface area contributed by atoms with Crippen molar-refractivity contribution in [2.45, 2.75) is 6.92 Å². The number of H-pyrrole nitrogens is 1. The number of anilines is 1. The third kappa shape index (κ3) is 1.80. The summed E-state index contributed by atoms with van der Waals surface area (Å²) in [6.45, 7) is 1.94. The summed E-state index contributed by atoms with van der Waals surface area (Å²) in [5, 5.41) is 0.590. The van der Waals surface area contributed by atoms with Gasteiger partial charge in [-0.15, -0.1) is 0 Å². The van der Waals surface area contributed by atoms with Crippen LogP contribution in [0.2, 0.25) is 5.02 Å². The predicted octanol–water partition coefficient (Wildman–Crippen LogP) is 3.17. The number of rotatable bonds is 1. The van der Waals surface area contributed by atoms with E-state index in [4.69, 9.17) is 17.3 Å². The molecule has 0 amide bonds. The highest BCUT2D eigenvalue weighted by Crippen LogP contribution is 2.26. The first-order chi connectivity index (χ1) is 8.63. The minimum Gasteiger partial charge on any atom is -0.397 e. The molecule has 2 heterocycles. The molecule has 0 aliphatic heterocycles. The lowest BCUT2D eigenvalue weighted by Gasteiger charge is -1.96. The van der Waals surface area contributed by atoms with Gasteiger partial charge in [-0.25, -0.2) is 9.97 Å². The van der Waals surface area contributed by atoms with E-state index in [1.807, 2.05) is 25.1 Å². The highest BCUT2D eigenvalue weighted by atomic mass is 35.5. The largest absolute Gasteiger partial charge is 0.397 e. The number of imidazole rings is 1. The Morgan fingerprint density at radius 1 is 1.22 bits per heavy atom. The number of aromatic nitrogens is 3. The SMILES string of the molecule is Cc1cccc(-c2nc3c(N)cc(Cl)cc3[nH]2)n1. The van der Waals surface area contributed by atoms with Crippen LogP contribution in [-0.4, -0.2) is 15.0 Å². The number of nitrogens with zero attached hydrogens (tertiary/aromatic N) is 2. The van der Waals surface area contributed by atoms with Gasteiger partial charge in [0.2, 0.25) is 0 Å². The van der Waals surface area contributed by atoms with Crippen molar-refractivity contribution in [2.75, 3.05) is 5.73 Å². The Balaban J connectivity index is 2.22. The maximum absolute atomic E-state index is 5.96. The Kier molecular flexibility index (Phi) is 2.45. The number of aryl methyl sites for hydroxylation is 1. The fourth-order valence-electron chi connectivity index (χ4n) is 1.90. The van der Waals surface area contributed by atoms with E-state index in [1.165, 1.54) is 0 Å². The predicted molar refractivity (Wildman–Crippen MR) is 73.5 cm³/mol. The van der Waals surface area contributed by atoms with Gasteiger partial charge in [0.1, 0.15) is 11.2 Å². The molecule has 18 heavy (non-hydrogen) atoms. The highest BCUT2D eigenvalue weighted by molar-refractivity contribution is 6.31. The summed E-state index contributed by atoms with van der Waals surface area (Å²) in [7, 11) is 0. The summed E-state index contributed by atoms with van der Waals surface area (Å²) >= 11 is 5.96. The fraction of sp³-hybridized carbons (Fsp3) is 0.0769. The molecule has 0 radical (unpaired) electrons. The zero-order valence-electron chi connectivity index (χ0n) is 9.74. The van der Waals surface area contributed by atoms with Crippen LogP contribution < -0.4 is 5.73 Å². The van der Waals surface area contributed by atoms with Crippen LogP contribution in [0.5, 0.6) is 0 Å². The van der Waals surface area contributed by atoms with E-state index in [0.29, 0.717) is 16.5 Å². The topological polar surface area (TPSA) is 67.6 Å². The molecular formula is C13H11ClN4. The first kappa shape index (κ1) is 11.0. The van der Waals surface area contributed by atoms with Crippen molar-refractivity contribution in [3.63, 3.8) is 0 Å². The van der Waals surface area contributed by atoms with Crippen LogP contribution in [0.15, 0.2) is 30.3 Å². The molecule has 0 atom stereocenters. The van der Waals surface area contributed by atoms with E-state index < -0.39 is 0 Å². The summed E-state index contributed by atoms with van der Waals surface area (Å²) in [6, 6.07) is 9.29. The van der Waals surface area contributed by atoms with Crippen molar-refractivity contribution in [3.8, 4) is 11.5 Å². The van der Waals surface area contributed by atoms with Crippen molar-refractivity contribution >= 4 is 28.3 Å². The Morgan fingerprint density at radius 3 is 2.83 bits per heavy atom. The average Bonchev–Trinajstić information content (AvgIpc) is 2.73. The molecule has 2 aromatic heterocycles. The van der Waals surface area contributed by atoms with Gasteiger partial charge in [-0.1, -0.05) is 17.7 Å². The van der Waals surface area contributed by atoms with Crippen molar-refractivity contribution in [2.24, 2.45) is 0 Å². The molecule has 4 nitrogen and oxygen atoms in total. The molecular weight excluding hydrogens is 248 g/mol. The molecule has 0 saturated carbocycles. The number of hydrogen-bond donors (Lipinski definition) is 2. The molecule has 5 heteroatoms. The number of hydrogen-bond acceptors (Lipinski definition) is 3. The van der Waals surface area contributed by atoms with Crippen LogP contribution in [-0.2, 0) is 0 Å². The van der Waals surface area contributed by atoms with E-state index in [2.05, 4.69) is 15.0 Å². The van der Waals surface area contributed by atoms with E-state index >= 15 is 0 Å². The first-order valence-corrected chi connectivity index (χ1v) is 5.90. The summed E-state index contributed by atoms with van der Waals surface area (Å²) in [5.74, 6) is 0.697. The Morgan fingerprint density at radius 2 is 2.06 bits per heavy atom. The number of pyridine rings is 1. The average molecular weight is 259 g/mol. The number of nitrogens with one attached hydrogen (secondary N) is 1. The van der Waals surface area contributed by atoms with Crippen LogP contribution in [0.4, 0.5) is 5.69 Å². The molecule has 0 unspecified atom stereocenters. The minimum absolute atomic E-state index is 0.563. The van der Waals surface area contributed by atoms with Crippen LogP contribution in [0.25, 0.3) is 22.6 Å². The standard InChI is InChI=1S/C13H11ClN4/c1-7-3-2-4-10(16-7)13-17-11-6-8(14)5-9(15)12(11)18-13/h2-6H,15H2,1H3,(H,17,18). The molecule has 0 saturated heterocycles. The van der Waals surface area contributed by atoms with Crippen molar-refractivity contribution in [1.29, 1.82) is 0 Å². The second-order valence-corrected chi connectivity index (χ2v) is 4.58. The van der Waals surface area contributed by atoms with Gasteiger partial charge in [-0.2, -0.15) is 0 Å². The van der Waals surface area contributed by atoms with Gasteiger partial charge in [0.25, 0.3) is 0 Å².